The molecular formula is C11H8BrN5O2. The van der Waals surface area contributed by atoms with Crippen LogP contribution in [0.25, 0.3) is 0 Å². The molecule has 0 aliphatic carbocycles. The molecule has 1 aromatic rings. The number of rotatable bonds is 2. The first-order chi connectivity index (χ1) is 9.08. The van der Waals surface area contributed by atoms with Gasteiger partial charge < -0.3 is 0 Å². The highest BCUT2D eigenvalue weighted by Crippen LogP contribution is 2.21. The number of amides is 3. The first kappa shape index (κ1) is 13.2. The van der Waals surface area contributed by atoms with E-state index in [2.05, 4.69) is 25.9 Å². The Kier molecular flexibility index (Phi) is 3.57. The van der Waals surface area contributed by atoms with Crippen LogP contribution in [0.3, 0.4) is 0 Å². The summed E-state index contributed by atoms with van der Waals surface area (Å²) in [5, 5.41) is 8.59. The van der Waals surface area contributed by atoms with Crippen LogP contribution in [0.1, 0.15) is 11.4 Å². The Hall–Kier alpha value is -2.27. The second-order valence-electron chi connectivity index (χ2n) is 3.75. The number of hydrogen-bond donors (Lipinski definition) is 0. The molecule has 0 bridgehead atoms. The van der Waals surface area contributed by atoms with Crippen LogP contribution in [-0.4, -0.2) is 38.8 Å². The summed E-state index contributed by atoms with van der Waals surface area (Å²) >= 11 is 3.05. The molecule has 0 unspecified atom stereocenters. The van der Waals surface area contributed by atoms with Gasteiger partial charge in [0.15, 0.2) is 0 Å². The SMILES string of the molecule is CN1C(=O)N(Cc2cnc(C#N)nc2)C(=O)C1=CBr. The first-order valence-corrected chi connectivity index (χ1v) is 6.11. The Morgan fingerprint density at radius 1 is 1.42 bits per heavy atom. The van der Waals surface area contributed by atoms with Crippen molar-refractivity contribution in [1.29, 1.82) is 5.26 Å². The summed E-state index contributed by atoms with van der Waals surface area (Å²) in [6.07, 6.45) is 2.84. The van der Waals surface area contributed by atoms with Crippen LogP contribution in [0, 0.1) is 11.3 Å². The van der Waals surface area contributed by atoms with Crippen molar-refractivity contribution in [2.45, 2.75) is 6.54 Å². The summed E-state index contributed by atoms with van der Waals surface area (Å²) in [7, 11) is 1.52. The largest absolute Gasteiger partial charge is 0.331 e. The molecular weight excluding hydrogens is 314 g/mol. The lowest BCUT2D eigenvalue weighted by Gasteiger charge is -2.12. The fraction of sp³-hybridized carbons (Fsp3) is 0.182. The van der Waals surface area contributed by atoms with Crippen LogP contribution >= 0.6 is 15.9 Å². The van der Waals surface area contributed by atoms with Gasteiger partial charge in [0.05, 0.1) is 6.54 Å². The maximum Gasteiger partial charge on any atom is 0.331 e. The van der Waals surface area contributed by atoms with E-state index in [4.69, 9.17) is 5.26 Å². The van der Waals surface area contributed by atoms with Crippen molar-refractivity contribution in [3.05, 3.63) is 34.5 Å². The van der Waals surface area contributed by atoms with Gasteiger partial charge in [-0.15, -0.1) is 0 Å². The highest BCUT2D eigenvalue weighted by Gasteiger charge is 2.38. The number of nitriles is 1. The van der Waals surface area contributed by atoms with E-state index in [-0.39, 0.29) is 18.1 Å². The molecule has 8 heteroatoms. The maximum absolute atomic E-state index is 12.0. The molecule has 1 saturated heterocycles. The zero-order chi connectivity index (χ0) is 14.0. The van der Waals surface area contributed by atoms with Gasteiger partial charge in [0.25, 0.3) is 5.91 Å². The Balaban J connectivity index is 2.21. The van der Waals surface area contributed by atoms with Crippen molar-refractivity contribution in [3.63, 3.8) is 0 Å². The third-order valence-corrected chi connectivity index (χ3v) is 3.03. The fourth-order valence-electron chi connectivity index (χ4n) is 1.59. The van der Waals surface area contributed by atoms with Crippen molar-refractivity contribution >= 4 is 27.9 Å². The monoisotopic (exact) mass is 321 g/mol. The summed E-state index contributed by atoms with van der Waals surface area (Å²) in [5.74, 6) is -0.352. The van der Waals surface area contributed by atoms with Crippen molar-refractivity contribution < 1.29 is 9.59 Å². The average Bonchev–Trinajstić information content (AvgIpc) is 2.63. The van der Waals surface area contributed by atoms with Crippen molar-refractivity contribution in [2.75, 3.05) is 7.05 Å². The van der Waals surface area contributed by atoms with Crippen LogP contribution < -0.4 is 0 Å². The smallest absolute Gasteiger partial charge is 0.291 e. The number of hydrogen-bond acceptors (Lipinski definition) is 5. The number of carbonyl (C=O) groups is 2. The van der Waals surface area contributed by atoms with Gasteiger partial charge in [-0.1, -0.05) is 15.9 Å². The number of urea groups is 1. The molecule has 96 valence electrons. The molecule has 0 saturated carbocycles. The highest BCUT2D eigenvalue weighted by atomic mass is 79.9. The molecule has 1 aromatic heterocycles. The molecule has 2 heterocycles. The van der Waals surface area contributed by atoms with Crippen molar-refractivity contribution in [2.24, 2.45) is 0 Å². The lowest BCUT2D eigenvalue weighted by atomic mass is 10.3. The highest BCUT2D eigenvalue weighted by molar-refractivity contribution is 9.11. The summed E-state index contributed by atoms with van der Waals surface area (Å²) in [4.78, 5) is 35.2. The molecule has 2 rings (SSSR count). The minimum Gasteiger partial charge on any atom is -0.291 e. The first-order valence-electron chi connectivity index (χ1n) is 5.19. The van der Waals surface area contributed by atoms with Gasteiger partial charge in [0, 0.05) is 30.0 Å². The van der Waals surface area contributed by atoms with Crippen molar-refractivity contribution in [1.82, 2.24) is 19.8 Å². The lowest BCUT2D eigenvalue weighted by Crippen LogP contribution is -2.31. The quantitative estimate of drug-likeness (QED) is 0.598. The van der Waals surface area contributed by atoms with E-state index in [1.165, 1.54) is 29.3 Å². The van der Waals surface area contributed by atoms with Crippen LogP contribution in [0.5, 0.6) is 0 Å². The number of nitrogens with zero attached hydrogens (tertiary/aromatic N) is 5. The van der Waals surface area contributed by atoms with E-state index in [0.717, 1.165) is 4.90 Å². The summed E-state index contributed by atoms with van der Waals surface area (Å²) in [6, 6.07) is 1.38. The van der Waals surface area contributed by atoms with Crippen molar-refractivity contribution in [3.8, 4) is 6.07 Å². The van der Waals surface area contributed by atoms with Gasteiger partial charge in [0.1, 0.15) is 11.8 Å². The molecule has 7 nitrogen and oxygen atoms in total. The van der Waals surface area contributed by atoms with E-state index in [9.17, 15) is 9.59 Å². The average molecular weight is 322 g/mol. The molecule has 0 atom stereocenters. The second kappa shape index (κ2) is 5.16. The van der Waals surface area contributed by atoms with Gasteiger partial charge in [-0.2, -0.15) is 5.26 Å². The second-order valence-corrected chi connectivity index (χ2v) is 4.21. The van der Waals surface area contributed by atoms with Crippen LogP contribution in [0.2, 0.25) is 0 Å². The number of aromatic nitrogens is 2. The molecule has 1 fully saturated rings. The van der Waals surface area contributed by atoms with Gasteiger partial charge in [0.2, 0.25) is 5.82 Å². The number of carbonyl (C=O) groups excluding carboxylic acids is 2. The maximum atomic E-state index is 12.0. The van der Waals surface area contributed by atoms with Gasteiger partial charge >= 0.3 is 6.03 Å². The third-order valence-electron chi connectivity index (χ3n) is 2.59. The minimum atomic E-state index is -0.417. The molecule has 1 aliphatic rings. The predicted octanol–water partition coefficient (Wildman–Crippen LogP) is 0.979. The molecule has 3 amide bonds. The van der Waals surface area contributed by atoms with E-state index >= 15 is 0 Å². The molecule has 0 N–H and O–H groups in total. The summed E-state index contributed by atoms with van der Waals surface area (Å²) in [6.45, 7) is 0.0675. The Morgan fingerprint density at radius 2 is 2.05 bits per heavy atom. The molecule has 0 spiro atoms. The Morgan fingerprint density at radius 3 is 2.53 bits per heavy atom. The zero-order valence-electron chi connectivity index (χ0n) is 9.87. The predicted molar refractivity (Wildman–Crippen MR) is 67.5 cm³/mol. The molecule has 0 radical (unpaired) electrons. The Bertz CT molecular complexity index is 605. The zero-order valence-corrected chi connectivity index (χ0v) is 11.5. The molecule has 19 heavy (non-hydrogen) atoms. The summed E-state index contributed by atoms with van der Waals surface area (Å²) < 4.78 is 0. The van der Waals surface area contributed by atoms with Crippen LogP contribution in [0.4, 0.5) is 4.79 Å². The third kappa shape index (κ3) is 2.32. The number of halogens is 1. The molecule has 1 aliphatic heterocycles. The van der Waals surface area contributed by atoms with E-state index in [1.54, 1.807) is 6.07 Å². The van der Waals surface area contributed by atoms with E-state index in [1.807, 2.05) is 0 Å². The summed E-state index contributed by atoms with van der Waals surface area (Å²) in [5.41, 5.74) is 0.837. The normalized spacial score (nSPS) is 17.2. The van der Waals surface area contributed by atoms with Gasteiger partial charge in [-0.3, -0.25) is 14.6 Å². The van der Waals surface area contributed by atoms with E-state index in [0.29, 0.717) is 5.56 Å². The standard InChI is InChI=1S/C11H8BrN5O2/c1-16-8(2-12)10(18)17(11(16)19)6-7-4-14-9(3-13)15-5-7/h2,4-5H,6H2,1H3. The number of likely N-dealkylation sites (N-methyl/N-ethyl adjacent to an activating group) is 1. The van der Waals surface area contributed by atoms with Crippen LogP contribution in [-0.2, 0) is 11.3 Å². The fourth-order valence-corrected chi connectivity index (χ4v) is 2.09. The van der Waals surface area contributed by atoms with Gasteiger partial charge in [-0.05, 0) is 0 Å². The topological polar surface area (TPSA) is 90.2 Å². The Labute approximate surface area is 117 Å². The van der Waals surface area contributed by atoms with E-state index < -0.39 is 11.9 Å². The lowest BCUT2D eigenvalue weighted by molar-refractivity contribution is -0.123. The number of imide groups is 1. The minimum absolute atomic E-state index is 0.0426. The molecule has 0 aromatic carbocycles. The van der Waals surface area contributed by atoms with Crippen LogP contribution in [0.15, 0.2) is 23.1 Å². The van der Waals surface area contributed by atoms with Gasteiger partial charge in [-0.25, -0.2) is 14.8 Å².